The number of hydrogen-bond donors (Lipinski definition) is 1. The Morgan fingerprint density at radius 1 is 0.643 bits per heavy atom. The van der Waals surface area contributed by atoms with Crippen LogP contribution >= 0.6 is 0 Å². The van der Waals surface area contributed by atoms with Crippen LogP contribution in [0.3, 0.4) is 0 Å². The molecule has 0 amide bonds. The quantitative estimate of drug-likeness (QED) is 0.635. The van der Waals surface area contributed by atoms with Crippen LogP contribution in [0.15, 0.2) is 54.6 Å². The topological polar surface area (TPSA) is 20.2 Å². The van der Waals surface area contributed by atoms with Crippen LogP contribution in [0, 0.1) is 0 Å². The van der Waals surface area contributed by atoms with Crippen LogP contribution in [-0.2, 0) is 0 Å². The number of hydrogen-bond acceptors (Lipinski definition) is 1. The van der Waals surface area contributed by atoms with Gasteiger partial charge in [0.05, 0.1) is 0 Å². The molecule has 0 saturated heterocycles. The first-order chi connectivity index (χ1) is 6.36. The van der Waals surface area contributed by atoms with Crippen LogP contribution in [0.1, 0.15) is 0 Å². The molecule has 2 rings (SSSR count). The van der Waals surface area contributed by atoms with Gasteiger partial charge in [0.25, 0.3) is 0 Å². The molecular weight excluding hydrogens is 183 g/mol. The standard InChI is InChI=1S/C12H10O.Na/c13-12-8-6-11(7-9-12)10-4-2-1-3-5-10;/h1-9,13H;/q;+1. The Hall–Kier alpha value is -0.760. The van der Waals surface area contributed by atoms with Gasteiger partial charge in [0.1, 0.15) is 5.75 Å². The molecule has 2 heteroatoms. The molecule has 0 unspecified atom stereocenters. The van der Waals surface area contributed by atoms with Crippen LogP contribution in [-0.4, -0.2) is 5.11 Å². The molecule has 1 N–H and O–H groups in total. The summed E-state index contributed by atoms with van der Waals surface area (Å²) in [5.74, 6) is 0.305. The van der Waals surface area contributed by atoms with E-state index < -0.39 is 0 Å². The first-order valence-electron chi connectivity index (χ1n) is 4.21. The Morgan fingerprint density at radius 2 is 1.14 bits per heavy atom. The van der Waals surface area contributed by atoms with Crippen molar-refractivity contribution in [1.29, 1.82) is 0 Å². The summed E-state index contributed by atoms with van der Waals surface area (Å²) >= 11 is 0. The minimum Gasteiger partial charge on any atom is -0.508 e. The average molecular weight is 193 g/mol. The van der Waals surface area contributed by atoms with Crippen LogP contribution in [0.5, 0.6) is 5.75 Å². The van der Waals surface area contributed by atoms with E-state index in [0.29, 0.717) is 5.75 Å². The summed E-state index contributed by atoms with van der Waals surface area (Å²) in [5, 5.41) is 9.10. The van der Waals surface area contributed by atoms with E-state index in [2.05, 4.69) is 0 Å². The van der Waals surface area contributed by atoms with Crippen molar-refractivity contribution in [3.63, 3.8) is 0 Å². The SMILES string of the molecule is Oc1ccc(-c2ccccc2)cc1.[Na+]. The van der Waals surface area contributed by atoms with Gasteiger partial charge < -0.3 is 5.11 Å². The van der Waals surface area contributed by atoms with E-state index in [1.165, 1.54) is 5.56 Å². The van der Waals surface area contributed by atoms with E-state index in [4.69, 9.17) is 5.11 Å². The Labute approximate surface area is 106 Å². The normalized spacial score (nSPS) is 9.14. The molecule has 14 heavy (non-hydrogen) atoms. The molecular formula is C12H10NaO+. The fraction of sp³-hybridized carbons (Fsp3) is 0. The van der Waals surface area contributed by atoms with E-state index in [0.717, 1.165) is 5.56 Å². The van der Waals surface area contributed by atoms with Gasteiger partial charge in [-0.15, -0.1) is 0 Å². The van der Waals surface area contributed by atoms with Gasteiger partial charge in [0.15, 0.2) is 0 Å². The van der Waals surface area contributed by atoms with E-state index in [1.54, 1.807) is 12.1 Å². The number of phenolic OH excluding ortho intramolecular Hbond substituents is 1. The van der Waals surface area contributed by atoms with Crippen molar-refractivity contribution in [2.45, 2.75) is 0 Å². The van der Waals surface area contributed by atoms with Crippen molar-refractivity contribution in [2.24, 2.45) is 0 Å². The minimum atomic E-state index is 0. The van der Waals surface area contributed by atoms with Crippen molar-refractivity contribution in [3.8, 4) is 16.9 Å². The molecule has 64 valence electrons. The largest absolute Gasteiger partial charge is 1.00 e. The minimum absolute atomic E-state index is 0. The maximum absolute atomic E-state index is 9.10. The molecule has 2 aromatic rings. The van der Waals surface area contributed by atoms with Crippen molar-refractivity contribution in [2.75, 3.05) is 0 Å². The summed E-state index contributed by atoms with van der Waals surface area (Å²) in [6.45, 7) is 0. The van der Waals surface area contributed by atoms with Gasteiger partial charge in [-0.3, -0.25) is 0 Å². The van der Waals surface area contributed by atoms with Gasteiger partial charge in [-0.2, -0.15) is 0 Å². The maximum Gasteiger partial charge on any atom is 1.00 e. The predicted molar refractivity (Wildman–Crippen MR) is 53.5 cm³/mol. The Bertz CT molecular complexity index is 381. The number of phenols is 1. The number of rotatable bonds is 1. The van der Waals surface area contributed by atoms with E-state index in [9.17, 15) is 0 Å². The van der Waals surface area contributed by atoms with Gasteiger partial charge in [-0.05, 0) is 23.3 Å². The molecule has 0 atom stereocenters. The first-order valence-corrected chi connectivity index (χ1v) is 4.21. The third-order valence-corrected chi connectivity index (χ3v) is 1.97. The summed E-state index contributed by atoms with van der Waals surface area (Å²) in [5.41, 5.74) is 2.29. The Balaban J connectivity index is 0.000000980. The smallest absolute Gasteiger partial charge is 0.508 e. The zero-order valence-electron chi connectivity index (χ0n) is 8.14. The van der Waals surface area contributed by atoms with Gasteiger partial charge in [-0.1, -0.05) is 42.5 Å². The van der Waals surface area contributed by atoms with E-state index in [-0.39, 0.29) is 29.6 Å². The Kier molecular flexibility index (Phi) is 4.21. The fourth-order valence-corrected chi connectivity index (χ4v) is 1.28. The second-order valence-electron chi connectivity index (χ2n) is 2.91. The average Bonchev–Trinajstić information content (AvgIpc) is 2.20. The molecule has 0 saturated carbocycles. The fourth-order valence-electron chi connectivity index (χ4n) is 1.28. The molecule has 0 aromatic heterocycles. The van der Waals surface area contributed by atoms with Crippen molar-refractivity contribution < 1.29 is 34.7 Å². The maximum atomic E-state index is 9.10. The van der Waals surface area contributed by atoms with Gasteiger partial charge in [-0.25, -0.2) is 0 Å². The zero-order chi connectivity index (χ0) is 9.10. The van der Waals surface area contributed by atoms with Crippen molar-refractivity contribution in [3.05, 3.63) is 54.6 Å². The van der Waals surface area contributed by atoms with E-state index >= 15 is 0 Å². The second-order valence-corrected chi connectivity index (χ2v) is 2.91. The molecule has 0 aliphatic carbocycles. The van der Waals surface area contributed by atoms with Crippen LogP contribution in [0.25, 0.3) is 11.1 Å². The summed E-state index contributed by atoms with van der Waals surface area (Å²) in [7, 11) is 0. The molecule has 0 spiro atoms. The molecule has 1 nitrogen and oxygen atoms in total. The van der Waals surface area contributed by atoms with Crippen LogP contribution in [0.2, 0.25) is 0 Å². The second kappa shape index (κ2) is 5.20. The summed E-state index contributed by atoms with van der Waals surface area (Å²) in [4.78, 5) is 0. The first kappa shape index (κ1) is 11.3. The van der Waals surface area contributed by atoms with Gasteiger partial charge in [0.2, 0.25) is 0 Å². The van der Waals surface area contributed by atoms with Gasteiger partial charge >= 0.3 is 29.6 Å². The molecule has 0 aliphatic heterocycles. The summed E-state index contributed by atoms with van der Waals surface area (Å²) in [6.07, 6.45) is 0. The predicted octanol–water partition coefficient (Wildman–Crippen LogP) is 0.0632. The van der Waals surface area contributed by atoms with Crippen molar-refractivity contribution >= 4 is 0 Å². The van der Waals surface area contributed by atoms with E-state index in [1.807, 2.05) is 42.5 Å². The molecule has 0 fully saturated rings. The molecule has 0 bridgehead atoms. The molecule has 2 aromatic carbocycles. The Morgan fingerprint density at radius 3 is 1.71 bits per heavy atom. The van der Waals surface area contributed by atoms with Crippen molar-refractivity contribution in [1.82, 2.24) is 0 Å². The van der Waals surface area contributed by atoms with Crippen LogP contribution in [0.4, 0.5) is 0 Å². The zero-order valence-corrected chi connectivity index (χ0v) is 10.1. The number of benzene rings is 2. The molecule has 0 aliphatic rings. The third kappa shape index (κ3) is 2.61. The number of aromatic hydroxyl groups is 1. The molecule has 0 radical (unpaired) electrons. The third-order valence-electron chi connectivity index (χ3n) is 1.97. The molecule has 0 heterocycles. The van der Waals surface area contributed by atoms with Crippen LogP contribution < -0.4 is 29.6 Å². The van der Waals surface area contributed by atoms with Gasteiger partial charge in [0, 0.05) is 0 Å². The summed E-state index contributed by atoms with van der Waals surface area (Å²) in [6, 6.07) is 17.3. The monoisotopic (exact) mass is 193 g/mol. The summed E-state index contributed by atoms with van der Waals surface area (Å²) < 4.78 is 0.